The maximum Gasteiger partial charge on any atom is 0.243 e. The van der Waals surface area contributed by atoms with Crippen molar-refractivity contribution in [2.45, 2.75) is 30.6 Å². The Balaban J connectivity index is 1.41. The van der Waals surface area contributed by atoms with Crippen molar-refractivity contribution in [3.05, 3.63) is 64.8 Å². The Morgan fingerprint density at radius 3 is 2.58 bits per heavy atom. The molecule has 3 aromatic rings. The molecule has 1 aromatic heterocycles. The van der Waals surface area contributed by atoms with Crippen LogP contribution in [0.25, 0.3) is 11.3 Å². The first-order valence-electron chi connectivity index (χ1n) is 9.92. The first-order valence-corrected chi connectivity index (χ1v) is 12.2. The molecule has 2 aromatic carbocycles. The van der Waals surface area contributed by atoms with E-state index in [1.54, 1.807) is 0 Å². The number of amides is 1. The van der Waals surface area contributed by atoms with Crippen LogP contribution < -0.4 is 5.32 Å². The molecule has 0 saturated heterocycles. The average Bonchev–Trinajstić information content (AvgIpc) is 3.22. The van der Waals surface area contributed by atoms with Gasteiger partial charge in [-0.2, -0.15) is 4.31 Å². The topological polar surface area (TPSA) is 79.4 Å². The molecule has 31 heavy (non-hydrogen) atoms. The summed E-state index contributed by atoms with van der Waals surface area (Å²) in [4.78, 5) is 16.8. The van der Waals surface area contributed by atoms with E-state index in [-0.39, 0.29) is 11.4 Å². The molecule has 0 unspecified atom stereocenters. The number of nitrogens with one attached hydrogen (secondary N) is 1. The summed E-state index contributed by atoms with van der Waals surface area (Å²) in [5, 5.41) is 4.94. The monoisotopic (exact) mass is 459 g/mol. The van der Waals surface area contributed by atoms with E-state index in [0.717, 1.165) is 40.5 Å². The number of carbonyl (C=O) groups is 1. The van der Waals surface area contributed by atoms with E-state index in [0.29, 0.717) is 5.13 Å². The van der Waals surface area contributed by atoms with Crippen molar-refractivity contribution in [2.75, 3.05) is 18.9 Å². The maximum atomic E-state index is 13.1. The molecule has 1 N–H and O–H groups in total. The maximum absolute atomic E-state index is 13.1. The summed E-state index contributed by atoms with van der Waals surface area (Å²) < 4.78 is 39.1. The molecule has 4 rings (SSSR count). The van der Waals surface area contributed by atoms with Crippen LogP contribution in [0, 0.1) is 5.82 Å². The molecule has 1 heterocycles. The summed E-state index contributed by atoms with van der Waals surface area (Å²) in [5.74, 6) is -1.03. The second-order valence-electron chi connectivity index (χ2n) is 7.49. The molecule has 1 aliphatic rings. The summed E-state index contributed by atoms with van der Waals surface area (Å²) in [6.45, 7) is -0.381. The molecule has 0 atom stereocenters. The van der Waals surface area contributed by atoms with Gasteiger partial charge in [-0.25, -0.2) is 17.8 Å². The van der Waals surface area contributed by atoms with E-state index in [1.165, 1.54) is 54.5 Å². The van der Waals surface area contributed by atoms with E-state index in [9.17, 15) is 17.6 Å². The minimum Gasteiger partial charge on any atom is -0.301 e. The largest absolute Gasteiger partial charge is 0.301 e. The molecule has 162 valence electrons. The van der Waals surface area contributed by atoms with Crippen LogP contribution >= 0.6 is 11.3 Å². The third kappa shape index (κ3) is 4.84. The lowest BCUT2D eigenvalue weighted by Gasteiger charge is -2.16. The van der Waals surface area contributed by atoms with Crippen molar-refractivity contribution in [1.82, 2.24) is 9.29 Å². The Morgan fingerprint density at radius 2 is 1.84 bits per heavy atom. The summed E-state index contributed by atoms with van der Waals surface area (Å²) >= 11 is 1.29. The number of anilines is 1. The number of hydrogen-bond acceptors (Lipinski definition) is 5. The number of aryl methyl sites for hydroxylation is 2. The molecule has 0 spiro atoms. The number of nitrogens with zero attached hydrogens (tertiary/aromatic N) is 2. The van der Waals surface area contributed by atoms with E-state index in [1.807, 2.05) is 11.4 Å². The van der Waals surface area contributed by atoms with Gasteiger partial charge in [0, 0.05) is 18.0 Å². The van der Waals surface area contributed by atoms with Gasteiger partial charge in [-0.05, 0) is 67.1 Å². The third-order valence-electron chi connectivity index (χ3n) is 5.28. The zero-order valence-corrected chi connectivity index (χ0v) is 18.6. The molecule has 1 amide bonds. The zero-order chi connectivity index (χ0) is 22.0. The molecule has 0 aliphatic heterocycles. The standard InChI is InChI=1S/C22H22FN3O3S2/c1-26(31(28,29)19-10-8-18(23)9-11-19)13-21(27)25-22-24-20(14-30-22)17-7-6-15-4-2-3-5-16(15)12-17/h6-12,14H,2-5,13H2,1H3,(H,24,25,27). The third-order valence-corrected chi connectivity index (χ3v) is 7.86. The van der Waals surface area contributed by atoms with Gasteiger partial charge < -0.3 is 5.32 Å². The fourth-order valence-electron chi connectivity index (χ4n) is 3.59. The van der Waals surface area contributed by atoms with Crippen molar-refractivity contribution in [2.24, 2.45) is 0 Å². The predicted molar refractivity (Wildman–Crippen MR) is 119 cm³/mol. The van der Waals surface area contributed by atoms with Gasteiger partial charge in [0.05, 0.1) is 17.1 Å². The van der Waals surface area contributed by atoms with E-state index >= 15 is 0 Å². The minimum atomic E-state index is -3.90. The van der Waals surface area contributed by atoms with Crippen molar-refractivity contribution in [3.8, 4) is 11.3 Å². The Hall–Kier alpha value is -2.62. The zero-order valence-electron chi connectivity index (χ0n) is 17.0. The van der Waals surface area contributed by atoms with Crippen LogP contribution in [0.2, 0.25) is 0 Å². The number of halogens is 1. The normalized spacial score (nSPS) is 13.8. The lowest BCUT2D eigenvalue weighted by atomic mass is 9.90. The highest BCUT2D eigenvalue weighted by Crippen LogP contribution is 2.29. The molecule has 0 radical (unpaired) electrons. The van der Waals surface area contributed by atoms with Gasteiger partial charge in [-0.3, -0.25) is 4.79 Å². The fraction of sp³-hybridized carbons (Fsp3) is 0.273. The molecule has 9 heteroatoms. The molecular weight excluding hydrogens is 437 g/mol. The Bertz CT molecular complexity index is 1210. The van der Waals surface area contributed by atoms with E-state index in [2.05, 4.69) is 22.4 Å². The molecule has 0 fully saturated rings. The van der Waals surface area contributed by atoms with E-state index in [4.69, 9.17) is 0 Å². The quantitative estimate of drug-likeness (QED) is 0.602. The second-order valence-corrected chi connectivity index (χ2v) is 10.4. The number of likely N-dealkylation sites (N-methyl/N-ethyl adjacent to an activating group) is 1. The number of thiazole rings is 1. The molecule has 0 bridgehead atoms. The average molecular weight is 460 g/mol. The van der Waals surface area contributed by atoms with E-state index < -0.39 is 21.7 Å². The highest BCUT2D eigenvalue weighted by Gasteiger charge is 2.23. The summed E-state index contributed by atoms with van der Waals surface area (Å²) in [5.41, 5.74) is 4.54. The van der Waals surface area contributed by atoms with Crippen LogP contribution in [-0.4, -0.2) is 37.2 Å². The number of sulfonamides is 1. The lowest BCUT2D eigenvalue weighted by molar-refractivity contribution is -0.116. The number of rotatable bonds is 6. The van der Waals surface area contributed by atoms with Crippen LogP contribution in [0.5, 0.6) is 0 Å². The number of fused-ring (bicyclic) bond motifs is 1. The lowest BCUT2D eigenvalue weighted by Crippen LogP contribution is -2.34. The van der Waals surface area contributed by atoms with Crippen LogP contribution in [0.1, 0.15) is 24.0 Å². The van der Waals surface area contributed by atoms with Crippen LogP contribution in [0.15, 0.2) is 52.7 Å². The van der Waals surface area contributed by atoms with Crippen molar-refractivity contribution >= 4 is 32.4 Å². The second kappa shape index (κ2) is 8.86. The SMILES string of the molecule is CN(CC(=O)Nc1nc(-c2ccc3c(c2)CCCC3)cs1)S(=O)(=O)c1ccc(F)cc1. The summed E-state index contributed by atoms with van der Waals surface area (Å²) in [6, 6.07) is 10.8. The van der Waals surface area contributed by atoms with Crippen molar-refractivity contribution in [3.63, 3.8) is 0 Å². The Kier molecular flexibility index (Phi) is 6.17. The van der Waals surface area contributed by atoms with Gasteiger partial charge in [0.1, 0.15) is 5.82 Å². The highest BCUT2D eigenvalue weighted by molar-refractivity contribution is 7.89. The molecule has 0 saturated carbocycles. The van der Waals surface area contributed by atoms with Gasteiger partial charge in [0.15, 0.2) is 5.13 Å². The van der Waals surface area contributed by atoms with Crippen LogP contribution in [-0.2, 0) is 27.7 Å². The Morgan fingerprint density at radius 1 is 1.13 bits per heavy atom. The first kappa shape index (κ1) is 21.6. The highest BCUT2D eigenvalue weighted by atomic mass is 32.2. The number of carbonyl (C=O) groups excluding carboxylic acids is 1. The van der Waals surface area contributed by atoms with Crippen molar-refractivity contribution < 1.29 is 17.6 Å². The number of aromatic nitrogens is 1. The fourth-order valence-corrected chi connectivity index (χ4v) is 5.45. The predicted octanol–water partition coefficient (Wildman–Crippen LogP) is 4.09. The smallest absolute Gasteiger partial charge is 0.243 e. The summed E-state index contributed by atoms with van der Waals surface area (Å²) in [7, 11) is -2.60. The van der Waals surface area contributed by atoms with Gasteiger partial charge in [0.2, 0.25) is 15.9 Å². The van der Waals surface area contributed by atoms with Gasteiger partial charge in [-0.15, -0.1) is 11.3 Å². The minimum absolute atomic E-state index is 0.0758. The van der Waals surface area contributed by atoms with Crippen LogP contribution in [0.4, 0.5) is 9.52 Å². The molecule has 6 nitrogen and oxygen atoms in total. The van der Waals surface area contributed by atoms with Crippen molar-refractivity contribution in [1.29, 1.82) is 0 Å². The number of hydrogen-bond donors (Lipinski definition) is 1. The van der Waals surface area contributed by atoms with Gasteiger partial charge >= 0.3 is 0 Å². The Labute approximate surface area is 184 Å². The molecular formula is C22H22FN3O3S2. The summed E-state index contributed by atoms with van der Waals surface area (Å²) in [6.07, 6.45) is 4.61. The first-order chi connectivity index (χ1) is 14.8. The number of benzene rings is 2. The van der Waals surface area contributed by atoms with Gasteiger partial charge in [0.25, 0.3) is 0 Å². The molecule has 1 aliphatic carbocycles. The van der Waals surface area contributed by atoms with Crippen LogP contribution in [0.3, 0.4) is 0 Å². The van der Waals surface area contributed by atoms with Gasteiger partial charge in [-0.1, -0.05) is 12.1 Å².